The Labute approximate surface area is 290 Å². The second-order valence-corrected chi connectivity index (χ2v) is 12.2. The number of hydrogen-bond acceptors (Lipinski definition) is 6. The first-order chi connectivity index (χ1) is 23.5. The molecule has 0 aromatic heterocycles. The van der Waals surface area contributed by atoms with Crippen molar-refractivity contribution in [3.63, 3.8) is 0 Å². The fourth-order valence-corrected chi connectivity index (χ4v) is 4.98. The van der Waals surface area contributed by atoms with Gasteiger partial charge in [0.15, 0.2) is 0 Å². The van der Waals surface area contributed by atoms with Crippen molar-refractivity contribution in [2.45, 2.75) is 40.0 Å². The minimum Gasteiger partial charge on any atom is -0.508 e. The Morgan fingerprint density at radius 1 is 0.347 bits per heavy atom. The maximum Gasteiger partial charge on any atom is 0.324 e. The number of benzene rings is 6. The highest BCUT2D eigenvalue weighted by molar-refractivity contribution is 7.38. The Morgan fingerprint density at radius 3 is 0.776 bits per heavy atom. The number of phenols is 3. The third kappa shape index (κ3) is 14.8. The zero-order valence-electron chi connectivity index (χ0n) is 28.1. The molecule has 7 heteroatoms. The van der Waals surface area contributed by atoms with E-state index in [4.69, 9.17) is 14.7 Å². The van der Waals surface area contributed by atoms with Crippen LogP contribution in [-0.2, 0) is 19.3 Å². The zero-order chi connectivity index (χ0) is 35.6. The summed E-state index contributed by atoms with van der Waals surface area (Å²) >= 11 is 0. The van der Waals surface area contributed by atoms with Gasteiger partial charge in [0.2, 0.25) is 0 Å². The smallest absolute Gasteiger partial charge is 0.324 e. The van der Waals surface area contributed by atoms with E-state index in [-0.39, 0.29) is 0 Å². The standard InChI is InChI=1S/3C14H14O.H3O3P/c3*1-11-9-13(7-8-14(11)15)10-12-5-3-2-4-6-12;1-4(2)3/h3*2-9,15H,10H2,1H3;1-3H. The van der Waals surface area contributed by atoms with Gasteiger partial charge >= 0.3 is 8.60 Å². The average Bonchev–Trinajstić information content (AvgIpc) is 3.08. The summed E-state index contributed by atoms with van der Waals surface area (Å²) in [6.07, 6.45) is 2.76. The van der Waals surface area contributed by atoms with E-state index in [1.807, 2.05) is 112 Å². The van der Waals surface area contributed by atoms with E-state index in [1.165, 1.54) is 33.4 Å². The molecule has 0 aliphatic rings. The van der Waals surface area contributed by atoms with Gasteiger partial charge in [0.05, 0.1) is 0 Å². The van der Waals surface area contributed by atoms with Crippen molar-refractivity contribution in [3.05, 3.63) is 196 Å². The van der Waals surface area contributed by atoms with Crippen LogP contribution in [0.1, 0.15) is 50.1 Å². The minimum atomic E-state index is -2.62. The molecule has 0 fully saturated rings. The third-order valence-electron chi connectivity index (χ3n) is 7.54. The van der Waals surface area contributed by atoms with Gasteiger partial charge in [-0.05, 0) is 108 Å². The highest BCUT2D eigenvalue weighted by Gasteiger charge is 2.01. The summed E-state index contributed by atoms with van der Waals surface area (Å²) in [6, 6.07) is 48.3. The summed E-state index contributed by atoms with van der Waals surface area (Å²) in [5, 5.41) is 28.2. The third-order valence-corrected chi connectivity index (χ3v) is 7.54. The van der Waals surface area contributed by atoms with Crippen LogP contribution < -0.4 is 0 Å². The van der Waals surface area contributed by atoms with Crippen LogP contribution in [0.3, 0.4) is 0 Å². The normalized spacial score (nSPS) is 10.1. The van der Waals surface area contributed by atoms with Crippen molar-refractivity contribution >= 4 is 8.60 Å². The van der Waals surface area contributed by atoms with Crippen LogP contribution in [0.25, 0.3) is 0 Å². The highest BCUT2D eigenvalue weighted by Crippen LogP contribution is 2.21. The molecule has 0 aliphatic heterocycles. The second kappa shape index (κ2) is 20.4. The van der Waals surface area contributed by atoms with Crippen molar-refractivity contribution in [3.8, 4) is 17.2 Å². The van der Waals surface area contributed by atoms with Gasteiger partial charge in [-0.15, -0.1) is 0 Å². The lowest BCUT2D eigenvalue weighted by atomic mass is 10.0. The number of phenolic OH excluding ortho intramolecular Hbond substituents is 3. The summed E-state index contributed by atoms with van der Waals surface area (Å²) in [5.74, 6) is 1.10. The van der Waals surface area contributed by atoms with Gasteiger partial charge in [-0.3, -0.25) is 0 Å². The topological polar surface area (TPSA) is 121 Å². The van der Waals surface area contributed by atoms with Gasteiger partial charge in [0.25, 0.3) is 0 Å². The van der Waals surface area contributed by atoms with E-state index in [0.29, 0.717) is 17.2 Å². The van der Waals surface area contributed by atoms with Gasteiger partial charge in [0.1, 0.15) is 17.2 Å². The molecular weight excluding hydrogens is 631 g/mol. The van der Waals surface area contributed by atoms with Crippen molar-refractivity contribution in [2.24, 2.45) is 0 Å². The number of aromatic hydroxyl groups is 3. The zero-order valence-corrected chi connectivity index (χ0v) is 29.0. The molecule has 6 rings (SSSR count). The van der Waals surface area contributed by atoms with E-state index in [9.17, 15) is 15.3 Å². The van der Waals surface area contributed by atoms with Crippen LogP contribution in [0.2, 0.25) is 0 Å². The molecule has 0 radical (unpaired) electrons. The second-order valence-electron chi connectivity index (χ2n) is 11.6. The number of hydrogen-bond donors (Lipinski definition) is 6. The molecule has 0 saturated carbocycles. The number of aryl methyl sites for hydroxylation is 3. The van der Waals surface area contributed by atoms with Crippen LogP contribution in [-0.4, -0.2) is 30.0 Å². The minimum absolute atomic E-state index is 0.367. The van der Waals surface area contributed by atoms with Gasteiger partial charge in [-0.25, -0.2) is 0 Å². The maximum absolute atomic E-state index is 9.41. The summed E-state index contributed by atoms with van der Waals surface area (Å²) in [4.78, 5) is 21.7. The molecule has 0 unspecified atom stereocenters. The fraction of sp³-hybridized carbons (Fsp3) is 0.143. The molecule has 6 aromatic rings. The van der Waals surface area contributed by atoms with E-state index >= 15 is 0 Å². The Balaban J connectivity index is 0.000000188. The Morgan fingerprint density at radius 2 is 0.571 bits per heavy atom. The molecule has 0 spiro atoms. The lowest BCUT2D eigenvalue weighted by Gasteiger charge is -2.04. The van der Waals surface area contributed by atoms with Crippen LogP contribution in [0.5, 0.6) is 17.2 Å². The Bertz CT molecular complexity index is 1610. The average molecular weight is 677 g/mol. The van der Waals surface area contributed by atoms with Crippen LogP contribution >= 0.6 is 8.60 Å². The molecule has 0 atom stereocenters. The van der Waals surface area contributed by atoms with Crippen molar-refractivity contribution in [1.82, 2.24) is 0 Å². The quantitative estimate of drug-likeness (QED) is 0.0980. The molecule has 0 saturated heterocycles. The molecule has 0 amide bonds. The molecule has 254 valence electrons. The van der Waals surface area contributed by atoms with E-state index in [0.717, 1.165) is 36.0 Å². The molecule has 49 heavy (non-hydrogen) atoms. The summed E-state index contributed by atoms with van der Waals surface area (Å²) < 4.78 is 0. The summed E-state index contributed by atoms with van der Waals surface area (Å²) in [5.41, 5.74) is 10.4. The predicted molar refractivity (Wildman–Crippen MR) is 200 cm³/mol. The maximum atomic E-state index is 9.41. The van der Waals surface area contributed by atoms with Crippen molar-refractivity contribution in [2.75, 3.05) is 0 Å². The Hall–Kier alpha value is -4.97. The molecule has 6 aromatic carbocycles. The predicted octanol–water partition coefficient (Wildman–Crippen LogP) is 9.06. The number of rotatable bonds is 6. The molecular formula is C42H45O6P. The first-order valence-electron chi connectivity index (χ1n) is 15.8. The van der Waals surface area contributed by atoms with E-state index < -0.39 is 8.60 Å². The molecule has 0 bridgehead atoms. The highest BCUT2D eigenvalue weighted by atomic mass is 31.2. The van der Waals surface area contributed by atoms with Crippen LogP contribution in [0, 0.1) is 20.8 Å². The lowest BCUT2D eigenvalue weighted by molar-refractivity contribution is 0.368. The fourth-order valence-electron chi connectivity index (χ4n) is 4.98. The largest absolute Gasteiger partial charge is 0.508 e. The SMILES string of the molecule is Cc1cc(Cc2ccccc2)ccc1O.Cc1cc(Cc2ccccc2)ccc1O.Cc1cc(Cc2ccccc2)ccc1O.OP(O)O. The van der Waals surface area contributed by atoms with Crippen molar-refractivity contribution in [1.29, 1.82) is 0 Å². The molecule has 0 heterocycles. The van der Waals surface area contributed by atoms with Gasteiger partial charge in [-0.2, -0.15) is 0 Å². The van der Waals surface area contributed by atoms with Gasteiger partial charge < -0.3 is 30.0 Å². The van der Waals surface area contributed by atoms with Crippen LogP contribution in [0.4, 0.5) is 0 Å². The van der Waals surface area contributed by atoms with E-state index in [2.05, 4.69) is 36.4 Å². The Kier molecular flexibility index (Phi) is 16.0. The monoisotopic (exact) mass is 676 g/mol. The van der Waals surface area contributed by atoms with Crippen molar-refractivity contribution < 1.29 is 30.0 Å². The molecule has 0 aliphatic carbocycles. The first-order valence-corrected chi connectivity index (χ1v) is 17.0. The summed E-state index contributed by atoms with van der Waals surface area (Å²) in [6.45, 7) is 5.76. The lowest BCUT2D eigenvalue weighted by Crippen LogP contribution is -1.88. The molecule has 6 nitrogen and oxygen atoms in total. The first kappa shape index (κ1) is 38.5. The van der Waals surface area contributed by atoms with Crippen LogP contribution in [0.15, 0.2) is 146 Å². The summed E-state index contributed by atoms with van der Waals surface area (Å²) in [7, 11) is -2.62. The molecule has 6 N–H and O–H groups in total. The van der Waals surface area contributed by atoms with Gasteiger partial charge in [0, 0.05) is 0 Å². The van der Waals surface area contributed by atoms with Gasteiger partial charge in [-0.1, -0.05) is 127 Å². The van der Waals surface area contributed by atoms with E-state index in [1.54, 1.807) is 18.2 Å².